The molecule has 1 aromatic heterocycles. The minimum absolute atomic E-state index is 0.131. The number of phenols is 1. The van der Waals surface area contributed by atoms with Gasteiger partial charge in [0.1, 0.15) is 17.1 Å². The largest absolute Gasteiger partial charge is 0.508 e. The van der Waals surface area contributed by atoms with Crippen LogP contribution in [-0.4, -0.2) is 21.2 Å². The summed E-state index contributed by atoms with van der Waals surface area (Å²) in [6.07, 6.45) is 0. The minimum atomic E-state index is -0.637. The van der Waals surface area contributed by atoms with Crippen LogP contribution in [0.3, 0.4) is 0 Å². The number of hydroxylamine groups is 1. The lowest BCUT2D eigenvalue weighted by Gasteiger charge is -2.04. The van der Waals surface area contributed by atoms with Crippen molar-refractivity contribution in [2.45, 2.75) is 0 Å². The van der Waals surface area contributed by atoms with Crippen LogP contribution in [0.4, 0.5) is 4.39 Å². The Labute approximate surface area is 152 Å². The third-order valence-corrected chi connectivity index (χ3v) is 4.15. The Bertz CT molecular complexity index is 1150. The molecule has 134 valence electrons. The third kappa shape index (κ3) is 3.11. The molecule has 0 radical (unpaired) electrons. The molecule has 1 heterocycles. The van der Waals surface area contributed by atoms with Gasteiger partial charge in [0.25, 0.3) is 5.91 Å². The maximum Gasteiger partial charge on any atom is 0.274 e. The molecular formula is C20H13FN2O4. The summed E-state index contributed by atoms with van der Waals surface area (Å²) in [4.78, 5) is 15.8. The summed E-state index contributed by atoms with van der Waals surface area (Å²) in [5, 5.41) is 18.0. The van der Waals surface area contributed by atoms with Crippen molar-refractivity contribution in [2.75, 3.05) is 0 Å². The number of hydrogen-bond donors (Lipinski definition) is 3. The highest BCUT2D eigenvalue weighted by atomic mass is 19.1. The van der Waals surface area contributed by atoms with Crippen molar-refractivity contribution in [3.8, 4) is 28.3 Å². The first-order chi connectivity index (χ1) is 13.0. The monoisotopic (exact) mass is 364 g/mol. The van der Waals surface area contributed by atoms with Gasteiger partial charge in [-0.1, -0.05) is 12.1 Å². The molecule has 0 aliphatic carbocycles. The zero-order valence-corrected chi connectivity index (χ0v) is 13.8. The summed E-state index contributed by atoms with van der Waals surface area (Å²) >= 11 is 0. The van der Waals surface area contributed by atoms with Crippen LogP contribution in [0.5, 0.6) is 5.75 Å². The summed E-state index contributed by atoms with van der Waals surface area (Å²) in [5.74, 6) is -0.932. The van der Waals surface area contributed by atoms with Gasteiger partial charge in [0.05, 0.1) is 0 Å². The Hall–Kier alpha value is -3.71. The van der Waals surface area contributed by atoms with E-state index in [1.165, 1.54) is 24.3 Å². The van der Waals surface area contributed by atoms with E-state index in [0.29, 0.717) is 33.7 Å². The number of fused-ring (bicyclic) bond motifs is 1. The molecule has 0 saturated heterocycles. The maximum atomic E-state index is 14.0. The molecule has 0 saturated carbocycles. The smallest absolute Gasteiger partial charge is 0.274 e. The van der Waals surface area contributed by atoms with Crippen molar-refractivity contribution in [2.24, 2.45) is 0 Å². The second-order valence-electron chi connectivity index (χ2n) is 5.88. The topological polar surface area (TPSA) is 95.6 Å². The van der Waals surface area contributed by atoms with E-state index in [1.54, 1.807) is 35.8 Å². The molecule has 4 rings (SSSR count). The van der Waals surface area contributed by atoms with E-state index in [2.05, 4.69) is 4.98 Å². The van der Waals surface area contributed by atoms with Gasteiger partial charge < -0.3 is 9.52 Å². The average molecular weight is 364 g/mol. The van der Waals surface area contributed by atoms with Crippen LogP contribution in [0.25, 0.3) is 33.7 Å². The Morgan fingerprint density at radius 3 is 2.44 bits per heavy atom. The van der Waals surface area contributed by atoms with Crippen LogP contribution in [-0.2, 0) is 0 Å². The van der Waals surface area contributed by atoms with Gasteiger partial charge in [-0.15, -0.1) is 0 Å². The first-order valence-electron chi connectivity index (χ1n) is 7.99. The second-order valence-corrected chi connectivity index (χ2v) is 5.88. The van der Waals surface area contributed by atoms with Gasteiger partial charge in [0, 0.05) is 22.8 Å². The van der Waals surface area contributed by atoms with E-state index < -0.39 is 11.7 Å². The van der Waals surface area contributed by atoms with Gasteiger partial charge in [-0.25, -0.2) is 14.9 Å². The van der Waals surface area contributed by atoms with E-state index in [-0.39, 0.29) is 11.3 Å². The lowest BCUT2D eigenvalue weighted by Crippen LogP contribution is -2.18. The highest BCUT2D eigenvalue weighted by Gasteiger charge is 2.12. The summed E-state index contributed by atoms with van der Waals surface area (Å²) in [6.45, 7) is 0. The predicted molar refractivity (Wildman–Crippen MR) is 95.8 cm³/mol. The number of phenolic OH excluding ortho intramolecular Hbond substituents is 1. The molecule has 0 spiro atoms. The normalized spacial score (nSPS) is 10.9. The highest BCUT2D eigenvalue weighted by Crippen LogP contribution is 2.29. The molecule has 3 aromatic carbocycles. The molecule has 27 heavy (non-hydrogen) atoms. The number of aromatic nitrogens is 1. The Morgan fingerprint density at radius 1 is 1.00 bits per heavy atom. The molecule has 1 amide bonds. The Balaban J connectivity index is 1.68. The number of carbonyl (C=O) groups is 1. The van der Waals surface area contributed by atoms with Crippen LogP contribution in [0.2, 0.25) is 0 Å². The van der Waals surface area contributed by atoms with Gasteiger partial charge in [0.2, 0.25) is 5.89 Å². The van der Waals surface area contributed by atoms with E-state index in [0.717, 1.165) is 6.07 Å². The fourth-order valence-electron chi connectivity index (χ4n) is 2.79. The van der Waals surface area contributed by atoms with E-state index in [4.69, 9.17) is 9.62 Å². The van der Waals surface area contributed by atoms with E-state index >= 15 is 0 Å². The fraction of sp³-hybridized carbons (Fsp3) is 0. The second kappa shape index (κ2) is 6.54. The quantitative estimate of drug-likeness (QED) is 0.375. The zero-order valence-electron chi connectivity index (χ0n) is 13.8. The van der Waals surface area contributed by atoms with Gasteiger partial charge in [-0.3, -0.25) is 10.0 Å². The van der Waals surface area contributed by atoms with Crippen molar-refractivity contribution in [1.29, 1.82) is 0 Å². The van der Waals surface area contributed by atoms with Crippen molar-refractivity contribution in [3.05, 3.63) is 72.0 Å². The molecule has 7 heteroatoms. The number of benzene rings is 3. The van der Waals surface area contributed by atoms with Crippen LogP contribution in [0.15, 0.2) is 65.1 Å². The predicted octanol–water partition coefficient (Wildman–Crippen LogP) is 4.13. The van der Waals surface area contributed by atoms with Crippen LogP contribution in [0.1, 0.15) is 10.4 Å². The van der Waals surface area contributed by atoms with Crippen LogP contribution < -0.4 is 5.48 Å². The number of carbonyl (C=O) groups excluding carboxylic acids is 1. The average Bonchev–Trinajstić information content (AvgIpc) is 3.11. The molecule has 4 aromatic rings. The van der Waals surface area contributed by atoms with Gasteiger partial charge in [0.15, 0.2) is 5.58 Å². The minimum Gasteiger partial charge on any atom is -0.508 e. The zero-order chi connectivity index (χ0) is 19.0. The molecule has 0 unspecified atom stereocenters. The summed E-state index contributed by atoms with van der Waals surface area (Å²) in [7, 11) is 0. The number of nitrogens with one attached hydrogen (secondary N) is 1. The van der Waals surface area contributed by atoms with Crippen molar-refractivity contribution in [3.63, 3.8) is 0 Å². The summed E-state index contributed by atoms with van der Waals surface area (Å²) in [6, 6.07) is 15.5. The number of amides is 1. The van der Waals surface area contributed by atoms with Crippen molar-refractivity contribution < 1.29 is 23.9 Å². The first kappa shape index (κ1) is 16.7. The molecule has 0 aliphatic heterocycles. The summed E-state index contributed by atoms with van der Waals surface area (Å²) in [5.41, 5.74) is 4.49. The Kier molecular flexibility index (Phi) is 4.06. The van der Waals surface area contributed by atoms with Gasteiger partial charge >= 0.3 is 0 Å². The summed E-state index contributed by atoms with van der Waals surface area (Å²) < 4.78 is 19.7. The number of aromatic hydroxyl groups is 1. The molecular weight excluding hydrogens is 351 g/mol. The molecule has 3 N–H and O–H groups in total. The standard InChI is InChI=1S/C20H13FN2O4/c21-16-10-14(24)6-7-15(16)11-1-3-12(4-2-11)20-22-17-9-13(19(25)23-26)5-8-18(17)27-20/h1-10,24,26H,(H,23,25). The number of rotatable bonds is 3. The van der Waals surface area contributed by atoms with E-state index in [1.807, 2.05) is 0 Å². The van der Waals surface area contributed by atoms with Gasteiger partial charge in [-0.05, 0) is 48.0 Å². The number of halogens is 1. The maximum absolute atomic E-state index is 14.0. The van der Waals surface area contributed by atoms with E-state index in [9.17, 15) is 14.3 Å². The first-order valence-corrected chi connectivity index (χ1v) is 7.99. The molecule has 0 bridgehead atoms. The Morgan fingerprint density at radius 2 is 1.74 bits per heavy atom. The molecule has 0 fully saturated rings. The lowest BCUT2D eigenvalue weighted by atomic mass is 10.0. The molecule has 0 aliphatic rings. The molecule has 0 atom stereocenters. The highest BCUT2D eigenvalue weighted by molar-refractivity contribution is 5.96. The molecule has 6 nitrogen and oxygen atoms in total. The number of oxazole rings is 1. The lowest BCUT2D eigenvalue weighted by molar-refractivity contribution is 0.0706. The van der Waals surface area contributed by atoms with Gasteiger partial charge in [-0.2, -0.15) is 0 Å². The third-order valence-electron chi connectivity index (χ3n) is 4.15. The number of hydrogen-bond acceptors (Lipinski definition) is 5. The fourth-order valence-corrected chi connectivity index (χ4v) is 2.79. The number of nitrogens with zero attached hydrogens (tertiary/aromatic N) is 1. The van der Waals surface area contributed by atoms with Crippen LogP contribution >= 0.6 is 0 Å². The van der Waals surface area contributed by atoms with Crippen molar-refractivity contribution >= 4 is 17.0 Å². The SMILES string of the molecule is O=C(NO)c1ccc2oc(-c3ccc(-c4ccc(O)cc4F)cc3)nc2c1. The van der Waals surface area contributed by atoms with Crippen LogP contribution in [0, 0.1) is 5.82 Å². The van der Waals surface area contributed by atoms with Crippen molar-refractivity contribution in [1.82, 2.24) is 10.5 Å².